The summed E-state index contributed by atoms with van der Waals surface area (Å²) in [4.78, 5) is 14.7. The van der Waals surface area contributed by atoms with Crippen molar-refractivity contribution in [3.63, 3.8) is 0 Å². The Hall–Kier alpha value is -1.98. The molecule has 2 aromatic rings. The lowest BCUT2D eigenvalue weighted by molar-refractivity contribution is -0.0434. The third kappa shape index (κ3) is 6.50. The van der Waals surface area contributed by atoms with Crippen LogP contribution in [0.25, 0.3) is 11.2 Å². The number of aliphatic hydroxyl groups is 2. The van der Waals surface area contributed by atoms with E-state index in [2.05, 4.69) is 15.0 Å². The second-order valence-corrected chi connectivity index (χ2v) is 7.98. The van der Waals surface area contributed by atoms with Gasteiger partial charge in [-0.25, -0.2) is 15.0 Å². The van der Waals surface area contributed by atoms with E-state index in [1.807, 2.05) is 18.9 Å². The van der Waals surface area contributed by atoms with Crippen LogP contribution in [0, 0.1) is 0 Å². The van der Waals surface area contributed by atoms with Crippen molar-refractivity contribution >= 4 is 27.4 Å². The highest BCUT2D eigenvalue weighted by Crippen LogP contribution is 2.34. The van der Waals surface area contributed by atoms with Gasteiger partial charge in [-0.1, -0.05) is 6.92 Å². The Morgan fingerprint density at radius 1 is 1.26 bits per heavy atom. The van der Waals surface area contributed by atoms with E-state index in [0.717, 1.165) is 13.0 Å². The predicted molar refractivity (Wildman–Crippen MR) is 110 cm³/mol. The second-order valence-electron chi connectivity index (χ2n) is 7.08. The summed E-state index contributed by atoms with van der Waals surface area (Å²) in [5.74, 6) is 0.940. The molecule has 1 fully saturated rings. The largest absolute Gasteiger partial charge is 0.394 e. The maximum absolute atomic E-state index is 10.6. The van der Waals surface area contributed by atoms with Gasteiger partial charge < -0.3 is 31.3 Å². The van der Waals surface area contributed by atoms with Crippen molar-refractivity contribution in [3.05, 3.63) is 12.2 Å². The van der Waals surface area contributed by atoms with Gasteiger partial charge in [-0.05, 0) is 26.6 Å². The van der Waals surface area contributed by atoms with Crippen LogP contribution in [0.2, 0.25) is 0 Å². The summed E-state index contributed by atoms with van der Waals surface area (Å²) in [5, 5.41) is 21.1. The number of aromatic nitrogens is 4. The highest BCUT2D eigenvalue weighted by molar-refractivity contribution is 7.79. The fraction of sp³-hybridized carbons (Fsp3) is 0.688. The third-order valence-corrected chi connectivity index (χ3v) is 4.72. The van der Waals surface area contributed by atoms with Crippen LogP contribution in [0.1, 0.15) is 25.4 Å². The van der Waals surface area contributed by atoms with Gasteiger partial charge in [0.05, 0.1) is 0 Å². The van der Waals surface area contributed by atoms with Gasteiger partial charge in [0, 0.05) is 13.0 Å². The van der Waals surface area contributed by atoms with Gasteiger partial charge >= 0.3 is 10.4 Å². The first-order valence-electron chi connectivity index (χ1n) is 9.55. The van der Waals surface area contributed by atoms with Gasteiger partial charge in [0.25, 0.3) is 0 Å². The monoisotopic (exact) mass is 463 g/mol. The summed E-state index contributed by atoms with van der Waals surface area (Å²) in [7, 11) is -2.73. The molecule has 176 valence electrons. The smallest absolute Gasteiger partial charge is 0.387 e. The van der Waals surface area contributed by atoms with Gasteiger partial charge in [0.1, 0.15) is 30.5 Å². The maximum Gasteiger partial charge on any atom is 0.394 e. The number of rotatable bonds is 7. The summed E-state index contributed by atoms with van der Waals surface area (Å²) >= 11 is 0. The maximum atomic E-state index is 10.6. The summed E-state index contributed by atoms with van der Waals surface area (Å²) in [6.07, 6.45) is -0.618. The zero-order valence-electron chi connectivity index (χ0n) is 17.2. The Morgan fingerprint density at radius 2 is 1.90 bits per heavy atom. The topological polar surface area (TPSA) is 223 Å². The molecule has 1 aliphatic rings. The lowest BCUT2D eigenvalue weighted by Gasteiger charge is -2.22. The second kappa shape index (κ2) is 10.6. The summed E-state index contributed by atoms with van der Waals surface area (Å²) < 4.78 is 39.3. The number of aliphatic hydroxyl groups excluding tert-OH is 2. The van der Waals surface area contributed by atoms with Crippen molar-refractivity contribution in [2.24, 2.45) is 5.73 Å². The van der Waals surface area contributed by atoms with Crippen LogP contribution in [0.4, 0.5) is 5.82 Å². The number of imidazole rings is 1. The Bertz CT molecular complexity index is 963. The van der Waals surface area contributed by atoms with Crippen molar-refractivity contribution in [2.45, 2.75) is 44.3 Å². The predicted octanol–water partition coefficient (Wildman–Crippen LogP) is -1.78. The number of aryl methyl sites for hydroxylation is 1. The van der Waals surface area contributed by atoms with Gasteiger partial charge in [-0.3, -0.25) is 13.7 Å². The highest BCUT2D eigenvalue weighted by Gasteiger charge is 2.45. The molecular formula is C16H29N7O7S. The van der Waals surface area contributed by atoms with Gasteiger partial charge in [-0.2, -0.15) is 8.42 Å². The Morgan fingerprint density at radius 3 is 2.48 bits per heavy atom. The first kappa shape index (κ1) is 25.3. The standard InChI is InChI=1S/C16H27N7O3.H2O4S/c1-3-10-21-11-14(18)19-8-20-15(11)23(10)16-13(25)12(24)9(26-16)7-22(2)6-4-5-17;1-5(2,3)4/h8-9,12-13,16,24-25H,3-7,17H2,1-2H3,(H2,18,19,20);(H2,1,2,3,4)/t9-,12-,13-,16-;/m1./s1. The number of anilines is 1. The van der Waals surface area contributed by atoms with Crippen LogP contribution in [0.15, 0.2) is 6.33 Å². The molecule has 0 unspecified atom stereocenters. The molecule has 3 heterocycles. The number of likely N-dealkylation sites (N-methyl/N-ethyl adjacent to an activating group) is 1. The minimum atomic E-state index is -4.67. The van der Waals surface area contributed by atoms with E-state index in [1.54, 1.807) is 4.57 Å². The van der Waals surface area contributed by atoms with Gasteiger partial charge in [-0.15, -0.1) is 0 Å². The lowest BCUT2D eigenvalue weighted by atomic mass is 10.1. The summed E-state index contributed by atoms with van der Waals surface area (Å²) in [6.45, 7) is 3.82. The fourth-order valence-corrected chi connectivity index (χ4v) is 3.34. The molecule has 0 radical (unpaired) electrons. The number of hydrogen-bond acceptors (Lipinski definition) is 11. The molecular weight excluding hydrogens is 434 g/mol. The van der Waals surface area contributed by atoms with Crippen LogP contribution >= 0.6 is 0 Å². The Labute approximate surface area is 179 Å². The SMILES string of the molecule is CCc1nc2c(N)ncnc2n1[C@@H]1O[C@H](CN(C)CCCN)[C@@H](O)[C@H]1O.O=S(=O)(O)O. The Balaban J connectivity index is 0.000000614. The Kier molecular flexibility index (Phi) is 8.61. The molecule has 0 spiro atoms. The third-order valence-electron chi connectivity index (χ3n) is 4.72. The van der Waals surface area contributed by atoms with Crippen molar-refractivity contribution in [1.29, 1.82) is 0 Å². The fourth-order valence-electron chi connectivity index (χ4n) is 3.34. The molecule has 31 heavy (non-hydrogen) atoms. The van der Waals surface area contributed by atoms with E-state index in [0.29, 0.717) is 36.5 Å². The highest BCUT2D eigenvalue weighted by atomic mass is 32.3. The zero-order valence-corrected chi connectivity index (χ0v) is 18.1. The quantitative estimate of drug-likeness (QED) is 0.250. The average molecular weight is 464 g/mol. The molecule has 1 saturated heterocycles. The van der Waals surface area contributed by atoms with E-state index >= 15 is 0 Å². The van der Waals surface area contributed by atoms with Crippen LogP contribution in [0.3, 0.4) is 0 Å². The molecule has 2 aromatic heterocycles. The van der Waals surface area contributed by atoms with E-state index < -0.39 is 34.9 Å². The number of nitrogen functional groups attached to an aromatic ring is 1. The van der Waals surface area contributed by atoms with Crippen LogP contribution < -0.4 is 11.5 Å². The molecule has 3 rings (SSSR count). The van der Waals surface area contributed by atoms with Gasteiger partial charge in [0.15, 0.2) is 23.2 Å². The normalized spacial score (nSPS) is 23.9. The first-order valence-corrected chi connectivity index (χ1v) is 10.9. The van der Waals surface area contributed by atoms with Crippen LogP contribution in [0.5, 0.6) is 0 Å². The minimum absolute atomic E-state index is 0.273. The number of nitrogens with two attached hydrogens (primary N) is 2. The molecule has 0 saturated carbocycles. The lowest BCUT2D eigenvalue weighted by Crippen LogP contribution is -2.39. The number of ether oxygens (including phenoxy) is 1. The first-order chi connectivity index (χ1) is 14.5. The molecule has 0 aliphatic carbocycles. The molecule has 4 atom stereocenters. The molecule has 1 aliphatic heterocycles. The van der Waals surface area contributed by atoms with Crippen molar-refractivity contribution in [3.8, 4) is 0 Å². The molecule has 8 N–H and O–H groups in total. The summed E-state index contributed by atoms with van der Waals surface area (Å²) in [5.41, 5.74) is 12.4. The van der Waals surface area contributed by atoms with Crippen LogP contribution in [-0.4, -0.2) is 97.1 Å². The molecule has 15 heteroatoms. The van der Waals surface area contributed by atoms with E-state index in [1.165, 1.54) is 6.33 Å². The minimum Gasteiger partial charge on any atom is -0.387 e. The van der Waals surface area contributed by atoms with Crippen molar-refractivity contribution in [1.82, 2.24) is 24.4 Å². The summed E-state index contributed by atoms with van der Waals surface area (Å²) in [6, 6.07) is 0. The zero-order chi connectivity index (χ0) is 23.3. The van der Waals surface area contributed by atoms with Crippen LogP contribution in [-0.2, 0) is 21.6 Å². The van der Waals surface area contributed by atoms with Crippen molar-refractivity contribution in [2.75, 3.05) is 32.4 Å². The molecule has 14 nitrogen and oxygen atoms in total. The van der Waals surface area contributed by atoms with E-state index in [9.17, 15) is 10.2 Å². The van der Waals surface area contributed by atoms with E-state index in [4.69, 9.17) is 33.7 Å². The average Bonchev–Trinajstić information content (AvgIpc) is 3.18. The number of nitrogens with zero attached hydrogens (tertiary/aromatic N) is 5. The molecule has 0 amide bonds. The number of hydrogen-bond donors (Lipinski definition) is 6. The van der Waals surface area contributed by atoms with E-state index in [-0.39, 0.29) is 5.82 Å². The molecule has 0 aromatic carbocycles. The number of fused-ring (bicyclic) bond motifs is 1. The van der Waals surface area contributed by atoms with Crippen molar-refractivity contribution < 1.29 is 32.5 Å². The van der Waals surface area contributed by atoms with Gasteiger partial charge in [0.2, 0.25) is 0 Å². The molecule has 0 bridgehead atoms.